The Kier molecular flexibility index (Phi) is 5.85. The summed E-state index contributed by atoms with van der Waals surface area (Å²) < 4.78 is 21.5. The third kappa shape index (κ3) is 4.29. The number of carbonyl (C=O) groups excluding carboxylic acids is 2. The van der Waals surface area contributed by atoms with Gasteiger partial charge in [0.05, 0.1) is 6.61 Å². The molecule has 0 spiro atoms. The van der Waals surface area contributed by atoms with Crippen LogP contribution in [0.3, 0.4) is 0 Å². The van der Waals surface area contributed by atoms with Crippen LogP contribution in [0.1, 0.15) is 30.7 Å². The van der Waals surface area contributed by atoms with Gasteiger partial charge in [0.1, 0.15) is 28.5 Å². The molecule has 0 aliphatic carbocycles. The van der Waals surface area contributed by atoms with Crippen LogP contribution in [0.5, 0.6) is 11.5 Å². The van der Waals surface area contributed by atoms with E-state index in [-0.39, 0.29) is 17.3 Å². The number of cyclic esters (lactones) is 1. The van der Waals surface area contributed by atoms with Crippen molar-refractivity contribution < 1.29 is 28.3 Å². The van der Waals surface area contributed by atoms with Crippen molar-refractivity contribution in [2.75, 3.05) is 6.61 Å². The van der Waals surface area contributed by atoms with Crippen LogP contribution in [0.2, 0.25) is 0 Å². The monoisotopic (exact) mass is 432 g/mol. The molecular formula is C24H20N2O6. The Morgan fingerprint density at radius 3 is 2.66 bits per heavy atom. The zero-order valence-corrected chi connectivity index (χ0v) is 17.7. The van der Waals surface area contributed by atoms with Crippen molar-refractivity contribution >= 4 is 23.9 Å². The molecule has 2 heterocycles. The van der Waals surface area contributed by atoms with E-state index in [0.29, 0.717) is 34.9 Å². The second-order valence-corrected chi connectivity index (χ2v) is 6.89. The number of hydrogen-bond acceptors (Lipinski definition) is 8. The highest BCUT2D eigenvalue weighted by atomic mass is 16.6. The van der Waals surface area contributed by atoms with Crippen LogP contribution in [0.4, 0.5) is 0 Å². The Labute approximate surface area is 184 Å². The lowest BCUT2D eigenvalue weighted by atomic mass is 10.1. The van der Waals surface area contributed by atoms with Crippen molar-refractivity contribution in [3.8, 4) is 22.8 Å². The predicted octanol–water partition coefficient (Wildman–Crippen LogP) is 4.32. The number of rotatable bonds is 6. The molecule has 162 valence electrons. The van der Waals surface area contributed by atoms with Crippen molar-refractivity contribution in [1.82, 2.24) is 5.16 Å². The molecule has 0 amide bonds. The summed E-state index contributed by atoms with van der Waals surface area (Å²) in [5, 5.41) is 4.10. The van der Waals surface area contributed by atoms with Gasteiger partial charge < -0.3 is 18.7 Å². The average molecular weight is 432 g/mol. The summed E-state index contributed by atoms with van der Waals surface area (Å²) in [5.41, 5.74) is 2.36. The van der Waals surface area contributed by atoms with Gasteiger partial charge in [0.2, 0.25) is 5.90 Å². The Bertz CT molecular complexity index is 1240. The summed E-state index contributed by atoms with van der Waals surface area (Å²) in [6, 6.07) is 14.4. The molecule has 32 heavy (non-hydrogen) atoms. The highest BCUT2D eigenvalue weighted by Gasteiger charge is 2.30. The first-order valence-corrected chi connectivity index (χ1v) is 9.96. The molecule has 0 saturated heterocycles. The van der Waals surface area contributed by atoms with Crippen molar-refractivity contribution in [3.05, 3.63) is 71.1 Å². The minimum absolute atomic E-state index is 0.0529. The molecular weight excluding hydrogens is 412 g/mol. The normalized spacial score (nSPS) is 14.3. The van der Waals surface area contributed by atoms with Gasteiger partial charge in [0, 0.05) is 24.1 Å². The van der Waals surface area contributed by atoms with E-state index >= 15 is 0 Å². The number of esters is 2. The molecule has 0 bridgehead atoms. The van der Waals surface area contributed by atoms with Gasteiger partial charge in [0.15, 0.2) is 5.70 Å². The van der Waals surface area contributed by atoms with Gasteiger partial charge in [-0.2, -0.15) is 0 Å². The van der Waals surface area contributed by atoms with E-state index in [1.54, 1.807) is 25.1 Å². The number of nitrogens with zero attached hydrogens (tertiary/aromatic N) is 2. The Balaban J connectivity index is 1.74. The van der Waals surface area contributed by atoms with Crippen LogP contribution in [-0.2, 0) is 14.3 Å². The lowest BCUT2D eigenvalue weighted by molar-refractivity contribution is -0.132. The first-order chi connectivity index (χ1) is 15.5. The van der Waals surface area contributed by atoms with Gasteiger partial charge in [-0.1, -0.05) is 35.5 Å². The maximum atomic E-state index is 12.6. The maximum Gasteiger partial charge on any atom is 0.363 e. The maximum absolute atomic E-state index is 12.6. The topological polar surface area (TPSA) is 100 Å². The number of benzene rings is 2. The molecule has 8 nitrogen and oxygen atoms in total. The standard InChI is InChI=1S/C24H20N2O6/c1-4-29-18-11-10-17(20(13-18)30-15(3)27)12-19-24(28)31-23(25-19)21-14(2)32-26-22(21)16-8-6-5-7-9-16/h5-13H,4H2,1-3H3/b19-12-. The van der Waals surface area contributed by atoms with E-state index in [0.717, 1.165) is 5.56 Å². The van der Waals surface area contributed by atoms with E-state index < -0.39 is 11.9 Å². The Morgan fingerprint density at radius 1 is 1.16 bits per heavy atom. The van der Waals surface area contributed by atoms with Crippen molar-refractivity contribution in [2.24, 2.45) is 4.99 Å². The number of aryl methyl sites for hydroxylation is 1. The van der Waals surface area contributed by atoms with Gasteiger partial charge in [-0.3, -0.25) is 4.79 Å². The minimum atomic E-state index is -0.637. The molecule has 0 saturated carbocycles. The molecule has 0 radical (unpaired) electrons. The van der Waals surface area contributed by atoms with E-state index in [1.165, 1.54) is 13.0 Å². The Morgan fingerprint density at radius 2 is 1.94 bits per heavy atom. The molecule has 0 atom stereocenters. The molecule has 0 fully saturated rings. The third-order valence-corrected chi connectivity index (χ3v) is 4.59. The Hall–Kier alpha value is -4.20. The minimum Gasteiger partial charge on any atom is -0.494 e. The van der Waals surface area contributed by atoms with E-state index in [4.69, 9.17) is 18.7 Å². The summed E-state index contributed by atoms with van der Waals surface area (Å²) in [5.74, 6) is 0.221. The largest absolute Gasteiger partial charge is 0.494 e. The molecule has 3 aromatic rings. The van der Waals surface area contributed by atoms with Crippen molar-refractivity contribution in [2.45, 2.75) is 20.8 Å². The SMILES string of the molecule is CCOc1ccc(/C=C2\N=C(c3c(-c4ccccc4)noc3C)OC2=O)c(OC(C)=O)c1. The van der Waals surface area contributed by atoms with Gasteiger partial charge in [-0.05, 0) is 32.1 Å². The highest BCUT2D eigenvalue weighted by molar-refractivity contribution is 6.15. The molecule has 1 aromatic heterocycles. The van der Waals surface area contributed by atoms with Gasteiger partial charge in [0.25, 0.3) is 0 Å². The van der Waals surface area contributed by atoms with Crippen LogP contribution in [0.15, 0.2) is 63.7 Å². The summed E-state index contributed by atoms with van der Waals surface area (Å²) in [6.07, 6.45) is 1.49. The van der Waals surface area contributed by atoms with Crippen LogP contribution in [0, 0.1) is 6.92 Å². The van der Waals surface area contributed by atoms with Gasteiger partial charge in [-0.25, -0.2) is 9.79 Å². The van der Waals surface area contributed by atoms with Crippen LogP contribution in [-0.4, -0.2) is 29.6 Å². The van der Waals surface area contributed by atoms with Crippen molar-refractivity contribution in [1.29, 1.82) is 0 Å². The lowest BCUT2D eigenvalue weighted by Crippen LogP contribution is -2.07. The smallest absolute Gasteiger partial charge is 0.363 e. The van der Waals surface area contributed by atoms with Gasteiger partial charge >= 0.3 is 11.9 Å². The van der Waals surface area contributed by atoms with Crippen LogP contribution >= 0.6 is 0 Å². The van der Waals surface area contributed by atoms with E-state index in [2.05, 4.69) is 10.1 Å². The summed E-state index contributed by atoms with van der Waals surface area (Å²) in [4.78, 5) is 28.5. The zero-order chi connectivity index (χ0) is 22.7. The van der Waals surface area contributed by atoms with E-state index in [1.807, 2.05) is 37.3 Å². The van der Waals surface area contributed by atoms with Gasteiger partial charge in [-0.15, -0.1) is 0 Å². The molecule has 1 aliphatic rings. The second-order valence-electron chi connectivity index (χ2n) is 6.89. The number of aromatic nitrogens is 1. The lowest BCUT2D eigenvalue weighted by Gasteiger charge is -2.09. The predicted molar refractivity (Wildman–Crippen MR) is 116 cm³/mol. The summed E-state index contributed by atoms with van der Waals surface area (Å²) >= 11 is 0. The first-order valence-electron chi connectivity index (χ1n) is 9.96. The highest BCUT2D eigenvalue weighted by Crippen LogP contribution is 2.31. The summed E-state index contributed by atoms with van der Waals surface area (Å²) in [7, 11) is 0. The second kappa shape index (κ2) is 8.89. The quantitative estimate of drug-likeness (QED) is 0.325. The fourth-order valence-electron chi connectivity index (χ4n) is 3.21. The van der Waals surface area contributed by atoms with Crippen LogP contribution < -0.4 is 9.47 Å². The molecule has 2 aromatic carbocycles. The number of ether oxygens (including phenoxy) is 3. The molecule has 0 unspecified atom stereocenters. The fraction of sp³-hybridized carbons (Fsp3) is 0.167. The average Bonchev–Trinajstić information content (AvgIpc) is 3.32. The molecule has 4 rings (SSSR count). The molecule has 1 aliphatic heterocycles. The third-order valence-electron chi connectivity index (χ3n) is 4.59. The molecule has 8 heteroatoms. The van der Waals surface area contributed by atoms with Crippen LogP contribution in [0.25, 0.3) is 17.3 Å². The van der Waals surface area contributed by atoms with E-state index in [9.17, 15) is 9.59 Å². The van der Waals surface area contributed by atoms with Crippen molar-refractivity contribution in [3.63, 3.8) is 0 Å². The summed E-state index contributed by atoms with van der Waals surface area (Å²) in [6.45, 7) is 5.33. The number of hydrogen-bond donors (Lipinski definition) is 0. The first kappa shape index (κ1) is 21.0. The zero-order valence-electron chi connectivity index (χ0n) is 17.7. The number of carbonyl (C=O) groups is 2. The fourth-order valence-corrected chi connectivity index (χ4v) is 3.21. The number of aliphatic imine (C=N–C) groups is 1. The molecule has 0 N–H and O–H groups in total.